The quantitative estimate of drug-likeness (QED) is 0.581. The van der Waals surface area contributed by atoms with Gasteiger partial charge in [0.25, 0.3) is 0 Å². The monoisotopic (exact) mass is 482 g/mol. The van der Waals surface area contributed by atoms with Crippen LogP contribution in [0.4, 0.5) is 0 Å². The topological polar surface area (TPSA) is 83.9 Å². The molecule has 2 aliphatic rings. The first-order valence-corrected chi connectivity index (χ1v) is 11.8. The first-order chi connectivity index (χ1) is 16.0. The van der Waals surface area contributed by atoms with Crippen molar-refractivity contribution in [3.63, 3.8) is 0 Å². The molecule has 1 aromatic heterocycles. The largest absolute Gasteiger partial charge is 0.463 e. The fraction of sp³-hybridized carbons (Fsp3) is 0.250. The number of carbonyl (C=O) groups is 2. The van der Waals surface area contributed by atoms with Gasteiger partial charge in [-0.05, 0) is 43.0 Å². The number of nitrogens with one attached hydrogen (secondary N) is 1. The molecule has 0 spiro atoms. The Morgan fingerprint density at radius 1 is 1.21 bits per heavy atom. The molecular formula is C24H23ClN4O3S. The molecule has 1 atom stereocenters. The van der Waals surface area contributed by atoms with Gasteiger partial charge in [-0.2, -0.15) is 0 Å². The highest BCUT2D eigenvalue weighted by Gasteiger charge is 2.41. The number of hydrogen-bond donors (Lipinski definition) is 1. The van der Waals surface area contributed by atoms with Crippen LogP contribution >= 0.6 is 23.4 Å². The first kappa shape index (κ1) is 23.1. The van der Waals surface area contributed by atoms with E-state index in [0.717, 1.165) is 17.0 Å². The molecule has 2 aromatic rings. The number of allylic oxidation sites excluding steroid dienone is 1. The van der Waals surface area contributed by atoms with E-state index in [9.17, 15) is 9.59 Å². The molecule has 9 heteroatoms. The van der Waals surface area contributed by atoms with Crippen LogP contribution in [0.5, 0.6) is 0 Å². The lowest BCUT2D eigenvalue weighted by Gasteiger charge is -2.36. The van der Waals surface area contributed by atoms with E-state index in [0.29, 0.717) is 28.0 Å². The van der Waals surface area contributed by atoms with E-state index in [1.807, 2.05) is 46.7 Å². The van der Waals surface area contributed by atoms with Gasteiger partial charge in [0.05, 0.1) is 42.6 Å². The number of rotatable bonds is 7. The van der Waals surface area contributed by atoms with Gasteiger partial charge in [0.2, 0.25) is 5.91 Å². The van der Waals surface area contributed by atoms with E-state index in [4.69, 9.17) is 16.3 Å². The predicted octanol–water partition coefficient (Wildman–Crippen LogP) is 4.58. The van der Waals surface area contributed by atoms with Crippen molar-refractivity contribution >= 4 is 40.4 Å². The SMILES string of the molecule is CCOC(=O)C1=C(C)N=C2SC=C(CC(=O)NCc3ccccn3)N2[C@@H]1c1ccccc1Cl. The molecule has 7 nitrogen and oxygen atoms in total. The number of amidine groups is 1. The smallest absolute Gasteiger partial charge is 0.338 e. The second-order valence-corrected chi connectivity index (χ2v) is 8.65. The number of pyridine rings is 1. The van der Waals surface area contributed by atoms with Gasteiger partial charge in [-0.25, -0.2) is 9.79 Å². The Morgan fingerprint density at radius 2 is 2.00 bits per heavy atom. The number of thioether (sulfide) groups is 1. The number of aromatic nitrogens is 1. The molecule has 0 saturated heterocycles. The van der Waals surface area contributed by atoms with Gasteiger partial charge in [-0.1, -0.05) is 47.6 Å². The van der Waals surface area contributed by atoms with E-state index in [-0.39, 0.29) is 18.9 Å². The Balaban J connectivity index is 1.62. The van der Waals surface area contributed by atoms with Gasteiger partial charge in [0, 0.05) is 16.9 Å². The molecule has 0 unspecified atom stereocenters. The number of fused-ring (bicyclic) bond motifs is 1. The van der Waals surface area contributed by atoms with Crippen LogP contribution in [0, 0.1) is 0 Å². The van der Waals surface area contributed by atoms with E-state index in [1.54, 1.807) is 26.1 Å². The highest BCUT2D eigenvalue weighted by atomic mass is 35.5. The maximum absolute atomic E-state index is 12.9. The third-order valence-electron chi connectivity index (χ3n) is 5.23. The molecular weight excluding hydrogens is 460 g/mol. The summed E-state index contributed by atoms with van der Waals surface area (Å²) in [5, 5.41) is 6.01. The maximum atomic E-state index is 12.9. The summed E-state index contributed by atoms with van der Waals surface area (Å²) >= 11 is 7.98. The number of hydrogen-bond acceptors (Lipinski definition) is 7. The zero-order chi connectivity index (χ0) is 23.4. The predicted molar refractivity (Wildman–Crippen MR) is 129 cm³/mol. The van der Waals surface area contributed by atoms with Crippen molar-refractivity contribution < 1.29 is 14.3 Å². The summed E-state index contributed by atoms with van der Waals surface area (Å²) in [4.78, 5) is 36.5. The van der Waals surface area contributed by atoms with Gasteiger partial charge >= 0.3 is 5.97 Å². The molecule has 1 aromatic carbocycles. The van der Waals surface area contributed by atoms with Gasteiger partial charge in [0.1, 0.15) is 0 Å². The Labute approximate surface area is 201 Å². The molecule has 3 heterocycles. The van der Waals surface area contributed by atoms with Crippen LogP contribution < -0.4 is 5.32 Å². The van der Waals surface area contributed by atoms with Crippen molar-refractivity contribution in [2.45, 2.75) is 32.9 Å². The van der Waals surface area contributed by atoms with Crippen molar-refractivity contribution in [2.75, 3.05) is 6.61 Å². The summed E-state index contributed by atoms with van der Waals surface area (Å²) in [6.07, 6.45) is 1.81. The lowest BCUT2D eigenvalue weighted by atomic mass is 9.93. The van der Waals surface area contributed by atoms with Crippen molar-refractivity contribution in [3.05, 3.63) is 87.3 Å². The second-order valence-electron chi connectivity index (χ2n) is 7.41. The Morgan fingerprint density at radius 3 is 2.73 bits per heavy atom. The number of ether oxygens (including phenoxy) is 1. The van der Waals surface area contributed by atoms with Gasteiger partial charge < -0.3 is 15.0 Å². The number of aliphatic imine (C=N–C) groups is 1. The van der Waals surface area contributed by atoms with E-state index in [1.165, 1.54) is 11.8 Å². The Bertz CT molecular complexity index is 1160. The Kier molecular flexibility index (Phi) is 7.15. The summed E-state index contributed by atoms with van der Waals surface area (Å²) in [5.41, 5.74) is 3.24. The fourth-order valence-electron chi connectivity index (χ4n) is 3.75. The third kappa shape index (κ3) is 4.96. The molecule has 0 fully saturated rings. The van der Waals surface area contributed by atoms with Crippen LogP contribution in [0.1, 0.15) is 37.6 Å². The van der Waals surface area contributed by atoms with E-state index in [2.05, 4.69) is 15.3 Å². The first-order valence-electron chi connectivity index (χ1n) is 10.5. The number of carbonyl (C=O) groups excluding carboxylic acids is 2. The minimum Gasteiger partial charge on any atom is -0.463 e. The summed E-state index contributed by atoms with van der Waals surface area (Å²) in [7, 11) is 0. The molecule has 0 bridgehead atoms. The van der Waals surface area contributed by atoms with Crippen LogP contribution in [0.3, 0.4) is 0 Å². The van der Waals surface area contributed by atoms with Crippen molar-refractivity contribution in [2.24, 2.45) is 4.99 Å². The van der Waals surface area contributed by atoms with E-state index >= 15 is 0 Å². The molecule has 1 N–H and O–H groups in total. The molecule has 4 rings (SSSR count). The minimum absolute atomic E-state index is 0.120. The van der Waals surface area contributed by atoms with E-state index < -0.39 is 12.0 Å². The molecule has 0 radical (unpaired) electrons. The van der Waals surface area contributed by atoms with Gasteiger partial charge in [-0.3, -0.25) is 9.78 Å². The van der Waals surface area contributed by atoms with Crippen LogP contribution in [0.2, 0.25) is 5.02 Å². The van der Waals surface area contributed by atoms with Crippen LogP contribution in [0.15, 0.2) is 76.0 Å². The van der Waals surface area contributed by atoms with Crippen molar-refractivity contribution in [1.29, 1.82) is 0 Å². The second kappa shape index (κ2) is 10.2. The number of nitrogens with zero attached hydrogens (tertiary/aromatic N) is 3. The number of halogens is 1. The van der Waals surface area contributed by atoms with Crippen LogP contribution in [-0.4, -0.2) is 33.5 Å². The van der Waals surface area contributed by atoms with Gasteiger partial charge in [0.15, 0.2) is 5.17 Å². The standard InChI is InChI=1S/C24H23ClN4O3S/c1-3-32-23(31)21-15(2)28-24-29(22(21)18-9-4-5-10-19(18)25)17(14-33-24)12-20(30)27-13-16-8-6-7-11-26-16/h4-11,14,22H,3,12-13H2,1-2H3,(H,27,30)/t22-/m1/s1. The fourth-order valence-corrected chi connectivity index (χ4v) is 4.95. The summed E-state index contributed by atoms with van der Waals surface area (Å²) in [5.74, 6) is -0.603. The molecule has 33 heavy (non-hydrogen) atoms. The number of benzene rings is 1. The molecule has 170 valence electrons. The van der Waals surface area contributed by atoms with Crippen LogP contribution in [0.25, 0.3) is 0 Å². The average molecular weight is 483 g/mol. The lowest BCUT2D eigenvalue weighted by molar-refractivity contribution is -0.139. The average Bonchev–Trinajstić information content (AvgIpc) is 3.20. The highest BCUT2D eigenvalue weighted by Crippen LogP contribution is 2.46. The van der Waals surface area contributed by atoms with Gasteiger partial charge in [-0.15, -0.1) is 0 Å². The summed E-state index contributed by atoms with van der Waals surface area (Å²) in [6.45, 7) is 4.13. The maximum Gasteiger partial charge on any atom is 0.338 e. The lowest BCUT2D eigenvalue weighted by Crippen LogP contribution is -2.38. The van der Waals surface area contributed by atoms with Crippen molar-refractivity contribution in [3.8, 4) is 0 Å². The van der Waals surface area contributed by atoms with Crippen molar-refractivity contribution in [1.82, 2.24) is 15.2 Å². The third-order valence-corrected chi connectivity index (χ3v) is 6.46. The summed E-state index contributed by atoms with van der Waals surface area (Å²) in [6, 6.07) is 12.4. The Hall–Kier alpha value is -3.10. The molecule has 0 saturated carbocycles. The number of esters is 1. The normalized spacial score (nSPS) is 17.3. The molecule has 0 aliphatic carbocycles. The zero-order valence-electron chi connectivity index (χ0n) is 18.2. The minimum atomic E-state index is -0.546. The molecule has 1 amide bonds. The highest BCUT2D eigenvalue weighted by molar-refractivity contribution is 8.16. The number of amides is 1. The van der Waals surface area contributed by atoms with Crippen LogP contribution in [-0.2, 0) is 20.9 Å². The molecule has 2 aliphatic heterocycles. The summed E-state index contributed by atoms with van der Waals surface area (Å²) < 4.78 is 5.35. The zero-order valence-corrected chi connectivity index (χ0v) is 19.8.